The lowest BCUT2D eigenvalue weighted by Crippen LogP contribution is -2.39. The molecule has 1 aromatic rings. The van der Waals surface area contributed by atoms with E-state index in [0.717, 1.165) is 17.9 Å². The molecule has 2 rings (SSSR count). The fourth-order valence-electron chi connectivity index (χ4n) is 2.05. The fourth-order valence-corrected chi connectivity index (χ4v) is 2.05. The average Bonchev–Trinajstić information content (AvgIpc) is 2.51. The van der Waals surface area contributed by atoms with Crippen LogP contribution < -0.4 is 4.74 Å². The molecule has 0 aliphatic carbocycles. The first kappa shape index (κ1) is 12.9. The van der Waals surface area contributed by atoms with E-state index in [4.69, 9.17) is 9.47 Å². The van der Waals surface area contributed by atoms with E-state index in [9.17, 15) is 4.79 Å². The molecule has 0 fully saturated rings. The number of nitrogens with zero attached hydrogens (tertiary/aromatic N) is 1. The molecule has 0 aromatic heterocycles. The van der Waals surface area contributed by atoms with Gasteiger partial charge < -0.3 is 9.47 Å². The highest BCUT2D eigenvalue weighted by atomic mass is 16.5. The smallest absolute Gasteiger partial charge is 0.320 e. The monoisotopic (exact) mass is 249 g/mol. The highest BCUT2D eigenvalue weighted by molar-refractivity contribution is 5.71. The van der Waals surface area contributed by atoms with Gasteiger partial charge in [0.25, 0.3) is 0 Å². The van der Waals surface area contributed by atoms with Gasteiger partial charge in [-0.25, -0.2) is 0 Å². The van der Waals surface area contributed by atoms with Gasteiger partial charge in [-0.15, -0.1) is 0 Å². The number of benzene rings is 1. The van der Waals surface area contributed by atoms with Crippen molar-refractivity contribution in [2.45, 2.75) is 26.4 Å². The van der Waals surface area contributed by atoms with Crippen LogP contribution in [0.25, 0.3) is 0 Å². The van der Waals surface area contributed by atoms with Gasteiger partial charge in [-0.3, -0.25) is 9.69 Å². The Morgan fingerprint density at radius 1 is 1.50 bits per heavy atom. The molecule has 4 nitrogen and oxygen atoms in total. The van der Waals surface area contributed by atoms with Crippen LogP contribution in [-0.2, 0) is 16.1 Å². The second-order valence-corrected chi connectivity index (χ2v) is 4.48. The number of hydrogen-bond donors (Lipinski definition) is 0. The molecule has 0 amide bonds. The highest BCUT2D eigenvalue weighted by Crippen LogP contribution is 2.24. The molecule has 4 heteroatoms. The molecule has 1 unspecified atom stereocenters. The van der Waals surface area contributed by atoms with Crippen molar-refractivity contribution in [1.29, 1.82) is 0 Å². The SMILES string of the molecule is CCOC(=O)CN1Cc2ccccc2OCC1C. The number of ether oxygens (including phenoxy) is 2. The van der Waals surface area contributed by atoms with E-state index >= 15 is 0 Å². The summed E-state index contributed by atoms with van der Waals surface area (Å²) in [5.74, 6) is 0.736. The minimum Gasteiger partial charge on any atom is -0.492 e. The molecule has 0 spiro atoms. The second kappa shape index (κ2) is 5.87. The van der Waals surface area contributed by atoms with E-state index in [1.807, 2.05) is 31.2 Å². The molecule has 18 heavy (non-hydrogen) atoms. The number of hydrogen-bond acceptors (Lipinski definition) is 4. The summed E-state index contributed by atoms with van der Waals surface area (Å²) in [7, 11) is 0. The molecule has 0 bridgehead atoms. The van der Waals surface area contributed by atoms with E-state index in [1.165, 1.54) is 0 Å². The van der Waals surface area contributed by atoms with Gasteiger partial charge in [0, 0.05) is 18.2 Å². The molecule has 1 aromatic carbocycles. The van der Waals surface area contributed by atoms with Crippen LogP contribution in [0.5, 0.6) is 5.75 Å². The van der Waals surface area contributed by atoms with Crippen LogP contribution in [0.4, 0.5) is 0 Å². The lowest BCUT2D eigenvalue weighted by atomic mass is 10.2. The average molecular weight is 249 g/mol. The maximum Gasteiger partial charge on any atom is 0.320 e. The Bertz CT molecular complexity index is 419. The quantitative estimate of drug-likeness (QED) is 0.766. The lowest BCUT2D eigenvalue weighted by molar-refractivity contribution is -0.145. The summed E-state index contributed by atoms with van der Waals surface area (Å²) in [5.41, 5.74) is 1.12. The van der Waals surface area contributed by atoms with Crippen LogP contribution in [0.15, 0.2) is 24.3 Å². The molecule has 0 radical (unpaired) electrons. The van der Waals surface area contributed by atoms with Gasteiger partial charge in [0.1, 0.15) is 12.4 Å². The van der Waals surface area contributed by atoms with Crippen LogP contribution in [0.2, 0.25) is 0 Å². The first-order valence-electron chi connectivity index (χ1n) is 6.31. The van der Waals surface area contributed by atoms with Crippen LogP contribution in [0.3, 0.4) is 0 Å². The predicted octanol–water partition coefficient (Wildman–Crippen LogP) is 1.83. The first-order chi connectivity index (χ1) is 8.70. The number of carbonyl (C=O) groups excluding carboxylic acids is 1. The number of fused-ring (bicyclic) bond motifs is 1. The van der Waals surface area contributed by atoms with Crippen molar-refractivity contribution in [2.24, 2.45) is 0 Å². The number of esters is 1. The molecular formula is C14H19NO3. The Morgan fingerprint density at radius 3 is 3.06 bits per heavy atom. The topological polar surface area (TPSA) is 38.8 Å². The van der Waals surface area contributed by atoms with Gasteiger partial charge in [0.2, 0.25) is 0 Å². The zero-order valence-electron chi connectivity index (χ0n) is 10.9. The third-order valence-corrected chi connectivity index (χ3v) is 3.09. The molecular weight excluding hydrogens is 230 g/mol. The van der Waals surface area contributed by atoms with Crippen LogP contribution in [0.1, 0.15) is 19.4 Å². The van der Waals surface area contributed by atoms with Gasteiger partial charge in [-0.05, 0) is 19.9 Å². The van der Waals surface area contributed by atoms with Crippen LogP contribution >= 0.6 is 0 Å². The third kappa shape index (κ3) is 3.01. The van der Waals surface area contributed by atoms with E-state index in [2.05, 4.69) is 11.8 Å². The van der Waals surface area contributed by atoms with Crippen molar-refractivity contribution in [3.05, 3.63) is 29.8 Å². The Morgan fingerprint density at radius 2 is 2.28 bits per heavy atom. The highest BCUT2D eigenvalue weighted by Gasteiger charge is 2.23. The molecule has 1 aliphatic rings. The largest absolute Gasteiger partial charge is 0.492 e. The summed E-state index contributed by atoms with van der Waals surface area (Å²) >= 11 is 0. The van der Waals surface area contributed by atoms with Crippen molar-refractivity contribution in [1.82, 2.24) is 4.90 Å². The molecule has 1 heterocycles. The van der Waals surface area contributed by atoms with Crippen molar-refractivity contribution in [3.8, 4) is 5.75 Å². The zero-order chi connectivity index (χ0) is 13.0. The standard InChI is InChI=1S/C14H19NO3/c1-3-17-14(16)9-15-8-12-6-4-5-7-13(12)18-10-11(15)2/h4-7,11H,3,8-10H2,1-2H3. The van der Waals surface area contributed by atoms with E-state index in [1.54, 1.807) is 0 Å². The Labute approximate surface area is 107 Å². The third-order valence-electron chi connectivity index (χ3n) is 3.09. The van der Waals surface area contributed by atoms with Crippen molar-refractivity contribution < 1.29 is 14.3 Å². The minimum atomic E-state index is -0.177. The first-order valence-corrected chi connectivity index (χ1v) is 6.31. The fraction of sp³-hybridized carbons (Fsp3) is 0.500. The Balaban J connectivity index is 2.09. The Hall–Kier alpha value is -1.55. The van der Waals surface area contributed by atoms with Crippen molar-refractivity contribution in [2.75, 3.05) is 19.8 Å². The van der Waals surface area contributed by atoms with Crippen LogP contribution in [-0.4, -0.2) is 36.7 Å². The maximum atomic E-state index is 11.6. The Kier molecular flexibility index (Phi) is 4.20. The number of carbonyl (C=O) groups is 1. The summed E-state index contributed by atoms with van der Waals surface area (Å²) in [6, 6.07) is 8.15. The minimum absolute atomic E-state index is 0.177. The molecule has 98 valence electrons. The van der Waals surface area contributed by atoms with E-state index < -0.39 is 0 Å². The zero-order valence-corrected chi connectivity index (χ0v) is 10.9. The second-order valence-electron chi connectivity index (χ2n) is 4.48. The molecule has 0 saturated heterocycles. The van der Waals surface area contributed by atoms with E-state index in [-0.39, 0.29) is 12.0 Å². The van der Waals surface area contributed by atoms with Crippen molar-refractivity contribution in [3.63, 3.8) is 0 Å². The number of rotatable bonds is 3. The van der Waals surface area contributed by atoms with Gasteiger partial charge in [0.05, 0.1) is 13.2 Å². The summed E-state index contributed by atoms with van der Waals surface area (Å²) in [5, 5.41) is 0. The molecule has 1 atom stereocenters. The predicted molar refractivity (Wildman–Crippen MR) is 68.4 cm³/mol. The summed E-state index contributed by atoms with van der Waals surface area (Å²) in [6.07, 6.45) is 0. The summed E-state index contributed by atoms with van der Waals surface area (Å²) in [4.78, 5) is 13.7. The van der Waals surface area contributed by atoms with Crippen LogP contribution in [0, 0.1) is 0 Å². The van der Waals surface area contributed by atoms with Gasteiger partial charge >= 0.3 is 5.97 Å². The molecule has 0 N–H and O–H groups in total. The summed E-state index contributed by atoms with van der Waals surface area (Å²) in [6.45, 7) is 5.93. The molecule has 1 aliphatic heterocycles. The van der Waals surface area contributed by atoms with E-state index in [0.29, 0.717) is 19.8 Å². The van der Waals surface area contributed by atoms with Gasteiger partial charge in [-0.1, -0.05) is 18.2 Å². The molecule has 0 saturated carbocycles. The summed E-state index contributed by atoms with van der Waals surface area (Å²) < 4.78 is 10.7. The normalized spacial score (nSPS) is 19.6. The van der Waals surface area contributed by atoms with Gasteiger partial charge in [0.15, 0.2) is 0 Å². The van der Waals surface area contributed by atoms with Crippen molar-refractivity contribution >= 4 is 5.97 Å². The lowest BCUT2D eigenvalue weighted by Gasteiger charge is -2.24. The van der Waals surface area contributed by atoms with Gasteiger partial charge in [-0.2, -0.15) is 0 Å². The number of para-hydroxylation sites is 1. The maximum absolute atomic E-state index is 11.6.